The van der Waals surface area contributed by atoms with Gasteiger partial charge in [-0.2, -0.15) is 5.26 Å². The van der Waals surface area contributed by atoms with E-state index >= 15 is 0 Å². The van der Waals surface area contributed by atoms with Crippen molar-refractivity contribution in [1.82, 2.24) is 4.90 Å². The number of hydrogen-bond acceptors (Lipinski definition) is 4. The van der Waals surface area contributed by atoms with E-state index in [-0.39, 0.29) is 17.1 Å². The normalized spacial score (nSPS) is 13.3. The molecule has 9 heteroatoms. The first kappa shape index (κ1) is 18.9. The Morgan fingerprint density at radius 2 is 2.22 bits per heavy atom. The molecule has 3 rings (SSSR count). The van der Waals surface area contributed by atoms with Crippen LogP contribution in [0.4, 0.5) is 14.2 Å². The van der Waals surface area contributed by atoms with E-state index in [1.807, 2.05) is 0 Å². The van der Waals surface area contributed by atoms with Gasteiger partial charge in [0.15, 0.2) is 0 Å². The lowest BCUT2D eigenvalue weighted by atomic mass is 10.0. The van der Waals surface area contributed by atoms with Crippen molar-refractivity contribution in [2.75, 3.05) is 11.9 Å². The number of carbonyl (C=O) groups excluding carboxylic acids is 1. The Morgan fingerprint density at radius 3 is 2.89 bits per heavy atom. The number of anilines is 1. The van der Waals surface area contributed by atoms with E-state index in [1.165, 1.54) is 40.5 Å². The van der Waals surface area contributed by atoms with Gasteiger partial charge in [-0.15, -0.1) is 11.3 Å². The third-order valence-electron chi connectivity index (χ3n) is 4.08. The summed E-state index contributed by atoms with van der Waals surface area (Å²) in [5.41, 5.74) is 1.19. The van der Waals surface area contributed by atoms with Gasteiger partial charge >= 0.3 is 6.09 Å². The molecule has 0 saturated heterocycles. The van der Waals surface area contributed by atoms with Gasteiger partial charge in [-0.3, -0.25) is 4.79 Å². The van der Waals surface area contributed by atoms with Gasteiger partial charge in [0.1, 0.15) is 16.9 Å². The summed E-state index contributed by atoms with van der Waals surface area (Å²) in [7, 11) is 0. The number of nitrogens with one attached hydrogen (secondary N) is 1. The summed E-state index contributed by atoms with van der Waals surface area (Å²) < 4.78 is 13.7. The molecule has 1 aliphatic heterocycles. The number of amides is 2. The minimum atomic E-state index is -1.03. The fourth-order valence-electron chi connectivity index (χ4n) is 2.76. The average Bonchev–Trinajstić information content (AvgIpc) is 2.97. The largest absolute Gasteiger partial charge is 0.465 e. The van der Waals surface area contributed by atoms with Crippen LogP contribution in [0, 0.1) is 17.1 Å². The highest BCUT2D eigenvalue weighted by molar-refractivity contribution is 7.16. The first-order valence-corrected chi connectivity index (χ1v) is 9.05. The number of benzene rings is 1. The van der Waals surface area contributed by atoms with Crippen molar-refractivity contribution < 1.29 is 19.1 Å². The predicted molar refractivity (Wildman–Crippen MR) is 100 cm³/mol. The number of rotatable bonds is 3. The van der Waals surface area contributed by atoms with Gasteiger partial charge in [-0.25, -0.2) is 9.18 Å². The highest BCUT2D eigenvalue weighted by atomic mass is 35.5. The number of hydrogen-bond donors (Lipinski definition) is 2. The second-order valence-corrected chi connectivity index (χ2v) is 7.24. The van der Waals surface area contributed by atoms with Crippen LogP contribution in [0.25, 0.3) is 6.08 Å². The summed E-state index contributed by atoms with van der Waals surface area (Å²) in [5, 5.41) is 21.7. The molecule has 1 aromatic heterocycles. The smallest absolute Gasteiger partial charge is 0.407 e. The van der Waals surface area contributed by atoms with E-state index in [1.54, 1.807) is 0 Å². The fourth-order valence-corrected chi connectivity index (χ4v) is 4.20. The molecule has 0 fully saturated rings. The molecule has 1 aromatic carbocycles. The zero-order valence-electron chi connectivity index (χ0n) is 13.8. The Labute approximate surface area is 163 Å². The molecular weight excluding hydrogens is 393 g/mol. The maximum Gasteiger partial charge on any atom is 0.407 e. The van der Waals surface area contributed by atoms with Crippen molar-refractivity contribution in [1.29, 1.82) is 5.26 Å². The predicted octanol–water partition coefficient (Wildman–Crippen LogP) is 4.10. The van der Waals surface area contributed by atoms with Gasteiger partial charge < -0.3 is 15.3 Å². The van der Waals surface area contributed by atoms with Crippen LogP contribution < -0.4 is 5.32 Å². The molecule has 0 aliphatic carbocycles. The molecule has 27 heavy (non-hydrogen) atoms. The third kappa shape index (κ3) is 3.94. The summed E-state index contributed by atoms with van der Waals surface area (Å²) in [5.74, 6) is -1.09. The summed E-state index contributed by atoms with van der Waals surface area (Å²) in [6.45, 7) is 0.480. The lowest BCUT2D eigenvalue weighted by molar-refractivity contribution is -0.111. The van der Waals surface area contributed by atoms with Crippen molar-refractivity contribution in [3.8, 4) is 6.07 Å². The van der Waals surface area contributed by atoms with Crippen molar-refractivity contribution >= 4 is 46.0 Å². The van der Waals surface area contributed by atoms with Crippen molar-refractivity contribution in [2.24, 2.45) is 0 Å². The van der Waals surface area contributed by atoms with Crippen LogP contribution in [0.3, 0.4) is 0 Å². The van der Waals surface area contributed by atoms with Gasteiger partial charge in [-0.1, -0.05) is 17.7 Å². The maximum absolute atomic E-state index is 13.7. The number of halogens is 2. The van der Waals surface area contributed by atoms with Crippen LogP contribution in [0.15, 0.2) is 24.3 Å². The Hall–Kier alpha value is -2.89. The summed E-state index contributed by atoms with van der Waals surface area (Å²) >= 11 is 7.08. The first-order chi connectivity index (χ1) is 12.9. The van der Waals surface area contributed by atoms with Gasteiger partial charge in [-0.05, 0) is 30.2 Å². The average molecular weight is 406 g/mol. The SMILES string of the molecule is N#Cc1c(NC(=O)C=Cc2c(F)cccc2Cl)sc2c1CCN(C(=O)O)C2. The molecule has 2 amide bonds. The number of nitrogens with zero attached hydrogens (tertiary/aromatic N) is 2. The second-order valence-electron chi connectivity index (χ2n) is 5.73. The molecular formula is C18H13ClFN3O3S. The van der Waals surface area contributed by atoms with E-state index < -0.39 is 17.8 Å². The zero-order valence-corrected chi connectivity index (χ0v) is 15.4. The summed E-state index contributed by atoms with van der Waals surface area (Å²) in [4.78, 5) is 25.3. The number of thiophene rings is 1. The molecule has 0 spiro atoms. The number of carbonyl (C=O) groups is 2. The molecule has 0 bridgehead atoms. The number of fused-ring (bicyclic) bond motifs is 1. The molecule has 138 valence electrons. The number of nitriles is 1. The molecule has 6 nitrogen and oxygen atoms in total. The summed E-state index contributed by atoms with van der Waals surface area (Å²) in [6.07, 6.45) is 1.78. The second kappa shape index (κ2) is 7.78. The van der Waals surface area contributed by atoms with Crippen LogP contribution in [0.5, 0.6) is 0 Å². The lowest BCUT2D eigenvalue weighted by Crippen LogP contribution is -2.34. The van der Waals surface area contributed by atoms with Crippen molar-refractivity contribution in [3.05, 3.63) is 56.7 Å². The highest BCUT2D eigenvalue weighted by Crippen LogP contribution is 2.36. The van der Waals surface area contributed by atoms with Crippen LogP contribution in [0.1, 0.15) is 21.6 Å². The highest BCUT2D eigenvalue weighted by Gasteiger charge is 2.27. The van der Waals surface area contributed by atoms with Crippen LogP contribution in [-0.4, -0.2) is 28.6 Å². The lowest BCUT2D eigenvalue weighted by Gasteiger charge is -2.23. The van der Waals surface area contributed by atoms with E-state index in [9.17, 15) is 19.2 Å². The standard InChI is InChI=1S/C18H13ClFN3O3S/c19-13-2-1-3-14(20)11(13)4-5-16(24)22-17-12(8-21)10-6-7-23(18(25)26)9-15(10)27-17/h1-5H,6-7,9H2,(H,22,24)(H,25,26). The number of carboxylic acid groups (broad SMARTS) is 1. The van der Waals surface area contributed by atoms with Gasteiger partial charge in [0.05, 0.1) is 17.1 Å². The molecule has 0 radical (unpaired) electrons. The molecule has 2 N–H and O–H groups in total. The Bertz CT molecular complexity index is 976. The minimum Gasteiger partial charge on any atom is -0.465 e. The fraction of sp³-hybridized carbons (Fsp3) is 0.167. The molecule has 2 aromatic rings. The maximum atomic E-state index is 13.7. The van der Waals surface area contributed by atoms with E-state index in [0.29, 0.717) is 23.5 Å². The van der Waals surface area contributed by atoms with E-state index in [4.69, 9.17) is 16.7 Å². The summed E-state index contributed by atoms with van der Waals surface area (Å²) in [6, 6.07) is 6.28. The Balaban J connectivity index is 1.80. The van der Waals surface area contributed by atoms with Gasteiger partial charge in [0, 0.05) is 23.1 Å². The van der Waals surface area contributed by atoms with E-state index in [2.05, 4.69) is 11.4 Å². The van der Waals surface area contributed by atoms with Crippen LogP contribution >= 0.6 is 22.9 Å². The van der Waals surface area contributed by atoms with Crippen molar-refractivity contribution in [2.45, 2.75) is 13.0 Å². The third-order valence-corrected chi connectivity index (χ3v) is 5.54. The topological polar surface area (TPSA) is 93.4 Å². The molecule has 1 aliphatic rings. The molecule has 0 unspecified atom stereocenters. The van der Waals surface area contributed by atoms with Gasteiger partial charge in [0.25, 0.3) is 0 Å². The quantitative estimate of drug-likeness (QED) is 0.752. The first-order valence-electron chi connectivity index (χ1n) is 7.86. The monoisotopic (exact) mass is 405 g/mol. The zero-order chi connectivity index (χ0) is 19.6. The van der Waals surface area contributed by atoms with Crippen LogP contribution in [0.2, 0.25) is 5.02 Å². The minimum absolute atomic E-state index is 0.0948. The van der Waals surface area contributed by atoms with Crippen LogP contribution in [-0.2, 0) is 17.8 Å². The van der Waals surface area contributed by atoms with Crippen molar-refractivity contribution in [3.63, 3.8) is 0 Å². The molecule has 0 atom stereocenters. The van der Waals surface area contributed by atoms with Gasteiger partial charge in [0.2, 0.25) is 5.91 Å². The molecule has 2 heterocycles. The van der Waals surface area contributed by atoms with E-state index in [0.717, 1.165) is 16.5 Å². The Kier molecular flexibility index (Phi) is 5.44. The Morgan fingerprint density at radius 1 is 1.44 bits per heavy atom. The molecule has 0 saturated carbocycles.